The number of nitrogens with zero attached hydrogens (tertiary/aromatic N) is 1. The van der Waals surface area contributed by atoms with E-state index >= 15 is 0 Å². The maximum absolute atomic E-state index is 12.4. The number of Topliss-reactive ketones (excluding diaryl/α,β-unsaturated/α-hetero) is 1. The number of carbonyl (C=O) groups excluding carboxylic acids is 1. The van der Waals surface area contributed by atoms with Gasteiger partial charge in [-0.25, -0.2) is 9.55 Å². The van der Waals surface area contributed by atoms with Crippen molar-refractivity contribution in [3.8, 4) is 0 Å². The predicted molar refractivity (Wildman–Crippen MR) is 70.7 cm³/mol. The Morgan fingerprint density at radius 2 is 1.78 bits per heavy atom. The Morgan fingerprint density at radius 1 is 1.17 bits per heavy atom. The molecule has 1 N–H and O–H groups in total. The molecule has 0 spiro atoms. The van der Waals surface area contributed by atoms with Gasteiger partial charge < -0.3 is 0 Å². The van der Waals surface area contributed by atoms with Crippen LogP contribution in [0.4, 0.5) is 0 Å². The molecule has 0 radical (unpaired) electrons. The Morgan fingerprint density at radius 3 is 2.28 bits per heavy atom. The second kappa shape index (κ2) is 4.77. The van der Waals surface area contributed by atoms with Crippen LogP contribution in [0.1, 0.15) is 32.9 Å². The molecule has 0 unspecified atom stereocenters. The van der Waals surface area contributed by atoms with Gasteiger partial charge in [0.1, 0.15) is 12.4 Å². The zero-order chi connectivity index (χ0) is 13.3. The number of aromatic amines is 1. The highest BCUT2D eigenvalue weighted by Gasteiger charge is 2.17. The van der Waals surface area contributed by atoms with E-state index < -0.39 is 0 Å². The minimum absolute atomic E-state index is 0.165. The van der Waals surface area contributed by atoms with Crippen molar-refractivity contribution in [2.75, 3.05) is 0 Å². The molecule has 0 aliphatic carbocycles. The van der Waals surface area contributed by atoms with Gasteiger partial charge in [-0.3, -0.25) is 4.79 Å². The number of nitrogens with one attached hydrogen (secondary N) is 1. The van der Waals surface area contributed by atoms with E-state index in [0.717, 1.165) is 22.5 Å². The summed E-state index contributed by atoms with van der Waals surface area (Å²) in [7, 11) is 0. The van der Waals surface area contributed by atoms with Crippen LogP contribution in [0.2, 0.25) is 0 Å². The van der Waals surface area contributed by atoms with Crippen LogP contribution in [-0.4, -0.2) is 10.8 Å². The molecule has 2 aromatic rings. The summed E-state index contributed by atoms with van der Waals surface area (Å²) in [6.45, 7) is 8.41. The predicted octanol–water partition coefficient (Wildman–Crippen LogP) is 2.42. The summed E-state index contributed by atoms with van der Waals surface area (Å²) in [4.78, 5) is 15.5. The van der Waals surface area contributed by atoms with E-state index in [9.17, 15) is 4.79 Å². The van der Waals surface area contributed by atoms with Crippen molar-refractivity contribution >= 4 is 5.78 Å². The number of hydrogen-bond acceptors (Lipinski definition) is 1. The van der Waals surface area contributed by atoms with Gasteiger partial charge >= 0.3 is 0 Å². The first-order chi connectivity index (χ1) is 8.49. The average molecular weight is 243 g/mol. The molecule has 3 heteroatoms. The van der Waals surface area contributed by atoms with Crippen LogP contribution < -0.4 is 4.57 Å². The molecule has 0 amide bonds. The van der Waals surface area contributed by atoms with E-state index in [1.165, 1.54) is 5.56 Å². The van der Waals surface area contributed by atoms with Crippen LogP contribution in [-0.2, 0) is 6.54 Å². The molecule has 94 valence electrons. The van der Waals surface area contributed by atoms with Crippen molar-refractivity contribution in [3.05, 3.63) is 52.6 Å². The van der Waals surface area contributed by atoms with E-state index in [1.54, 1.807) is 0 Å². The summed E-state index contributed by atoms with van der Waals surface area (Å²) < 4.78 is 1.93. The number of ketones is 1. The second-order valence-corrected chi connectivity index (χ2v) is 4.87. The minimum Gasteiger partial charge on any atom is -0.290 e. The first kappa shape index (κ1) is 12.6. The van der Waals surface area contributed by atoms with Crippen molar-refractivity contribution in [2.24, 2.45) is 0 Å². The molecule has 0 saturated carbocycles. The fourth-order valence-electron chi connectivity index (χ4n) is 2.47. The molecule has 0 saturated heterocycles. The fraction of sp³-hybridized carbons (Fsp3) is 0.333. The molecule has 1 aromatic carbocycles. The van der Waals surface area contributed by atoms with Gasteiger partial charge in [-0.1, -0.05) is 17.7 Å². The summed E-state index contributed by atoms with van der Waals surface area (Å²) >= 11 is 0. The molecular weight excluding hydrogens is 224 g/mol. The fourth-order valence-corrected chi connectivity index (χ4v) is 2.47. The van der Waals surface area contributed by atoms with Crippen LogP contribution in [0.5, 0.6) is 0 Å². The third-order valence-electron chi connectivity index (χ3n) is 3.25. The number of benzene rings is 1. The summed E-state index contributed by atoms with van der Waals surface area (Å²) in [5.74, 6) is 1.16. The van der Waals surface area contributed by atoms with Gasteiger partial charge in [0.25, 0.3) is 5.82 Å². The van der Waals surface area contributed by atoms with E-state index in [2.05, 4.69) is 24.0 Å². The first-order valence-corrected chi connectivity index (χ1v) is 6.13. The summed E-state index contributed by atoms with van der Waals surface area (Å²) in [5.41, 5.74) is 4.18. The van der Waals surface area contributed by atoms with Crippen molar-refractivity contribution in [1.29, 1.82) is 0 Å². The van der Waals surface area contributed by atoms with Crippen molar-refractivity contribution in [2.45, 2.75) is 34.2 Å². The number of aryl methyl sites for hydroxylation is 4. The first-order valence-electron chi connectivity index (χ1n) is 6.13. The van der Waals surface area contributed by atoms with E-state index in [1.807, 2.05) is 37.7 Å². The van der Waals surface area contributed by atoms with Gasteiger partial charge in [0.05, 0.1) is 0 Å². The number of carbonyl (C=O) groups is 1. The summed E-state index contributed by atoms with van der Waals surface area (Å²) in [5, 5.41) is 0. The molecule has 0 fully saturated rings. The molecule has 0 atom stereocenters. The van der Waals surface area contributed by atoms with Crippen LogP contribution in [0, 0.1) is 27.7 Å². The highest BCUT2D eigenvalue weighted by atomic mass is 16.1. The van der Waals surface area contributed by atoms with Crippen LogP contribution >= 0.6 is 0 Å². The van der Waals surface area contributed by atoms with Gasteiger partial charge in [0, 0.05) is 12.5 Å². The van der Waals surface area contributed by atoms with E-state index in [4.69, 9.17) is 0 Å². The highest BCUT2D eigenvalue weighted by Crippen LogP contribution is 2.17. The lowest BCUT2D eigenvalue weighted by molar-refractivity contribution is -0.687. The highest BCUT2D eigenvalue weighted by molar-refractivity contribution is 5.98. The van der Waals surface area contributed by atoms with Crippen LogP contribution in [0.3, 0.4) is 0 Å². The van der Waals surface area contributed by atoms with Gasteiger partial charge in [-0.2, -0.15) is 0 Å². The molecular formula is C15H19N2O+. The maximum Gasteiger partial charge on any atom is 0.251 e. The van der Waals surface area contributed by atoms with Gasteiger partial charge in [0.15, 0.2) is 6.54 Å². The summed E-state index contributed by atoms with van der Waals surface area (Å²) in [6.07, 6.45) is 3.74. The van der Waals surface area contributed by atoms with Crippen molar-refractivity contribution < 1.29 is 9.36 Å². The van der Waals surface area contributed by atoms with E-state index in [-0.39, 0.29) is 5.78 Å². The Hall–Kier alpha value is -1.90. The number of hydrogen-bond donors (Lipinski definition) is 1. The lowest BCUT2D eigenvalue weighted by Gasteiger charge is -2.09. The lowest BCUT2D eigenvalue weighted by atomic mass is 9.96. The van der Waals surface area contributed by atoms with Gasteiger partial charge in [-0.15, -0.1) is 0 Å². The number of rotatable bonds is 3. The Balaban J connectivity index is 2.33. The SMILES string of the molecule is Cc1cc(C)c(C(=O)C[n+]2cc[nH]c2C)c(C)c1. The Labute approximate surface area is 107 Å². The van der Waals surface area contributed by atoms with Crippen LogP contribution in [0.25, 0.3) is 0 Å². The smallest absolute Gasteiger partial charge is 0.251 e. The summed E-state index contributed by atoms with van der Waals surface area (Å²) in [6, 6.07) is 4.13. The zero-order valence-corrected chi connectivity index (χ0v) is 11.4. The topological polar surface area (TPSA) is 36.7 Å². The largest absolute Gasteiger partial charge is 0.290 e. The Kier molecular flexibility index (Phi) is 3.32. The monoisotopic (exact) mass is 243 g/mol. The maximum atomic E-state index is 12.4. The molecule has 0 aliphatic rings. The van der Waals surface area contributed by atoms with Crippen LogP contribution in [0.15, 0.2) is 24.5 Å². The third-order valence-corrected chi connectivity index (χ3v) is 3.25. The molecule has 18 heavy (non-hydrogen) atoms. The zero-order valence-electron chi connectivity index (χ0n) is 11.4. The molecule has 2 rings (SSSR count). The standard InChI is InChI=1S/C15H18N2O/c1-10-7-11(2)15(12(3)8-10)14(18)9-17-6-5-16-13(17)4/h5-8H,9H2,1-4H3/p+1. The molecule has 3 nitrogen and oxygen atoms in total. The number of imidazole rings is 1. The lowest BCUT2D eigenvalue weighted by Crippen LogP contribution is -2.39. The second-order valence-electron chi connectivity index (χ2n) is 4.87. The minimum atomic E-state index is 0.165. The quantitative estimate of drug-likeness (QED) is 0.652. The molecule has 0 bridgehead atoms. The number of aromatic nitrogens is 2. The molecule has 1 heterocycles. The average Bonchev–Trinajstić information content (AvgIpc) is 2.62. The normalized spacial score (nSPS) is 10.7. The van der Waals surface area contributed by atoms with Crippen molar-refractivity contribution in [1.82, 2.24) is 4.98 Å². The van der Waals surface area contributed by atoms with E-state index in [0.29, 0.717) is 6.54 Å². The third kappa shape index (κ3) is 2.35. The molecule has 0 aliphatic heterocycles. The van der Waals surface area contributed by atoms with Gasteiger partial charge in [-0.05, 0) is 31.9 Å². The number of H-pyrrole nitrogens is 1. The van der Waals surface area contributed by atoms with Crippen molar-refractivity contribution in [3.63, 3.8) is 0 Å². The van der Waals surface area contributed by atoms with Gasteiger partial charge in [0.2, 0.25) is 5.78 Å². The Bertz CT molecular complexity index is 573. The molecule has 1 aromatic heterocycles.